The Morgan fingerprint density at radius 3 is 2.21 bits per heavy atom. The Bertz CT molecular complexity index is 1410. The van der Waals surface area contributed by atoms with Crippen molar-refractivity contribution in [1.82, 2.24) is 4.57 Å². The lowest BCUT2D eigenvalue weighted by atomic mass is 9.87. The van der Waals surface area contributed by atoms with E-state index in [2.05, 4.69) is 54.3 Å². The van der Waals surface area contributed by atoms with E-state index in [1.165, 1.54) is 35.4 Å². The van der Waals surface area contributed by atoms with E-state index < -0.39 is 16.0 Å². The largest absolute Gasteiger partial charge is 0.478 e. The third-order valence-corrected chi connectivity index (χ3v) is 7.00. The van der Waals surface area contributed by atoms with E-state index in [0.717, 1.165) is 17.4 Å². The van der Waals surface area contributed by atoms with Gasteiger partial charge in [-0.25, -0.2) is 13.2 Å². The first-order chi connectivity index (χ1) is 15.5. The molecule has 1 aromatic heterocycles. The first-order valence-electron chi connectivity index (χ1n) is 10.6. The molecule has 7 heteroatoms. The van der Waals surface area contributed by atoms with E-state index in [9.17, 15) is 13.2 Å². The van der Waals surface area contributed by atoms with E-state index in [-0.39, 0.29) is 15.9 Å². The topological polar surface area (TPSA) is 88.4 Å². The second kappa shape index (κ2) is 8.41. The average molecular weight is 463 g/mol. The van der Waals surface area contributed by atoms with Gasteiger partial charge in [-0.1, -0.05) is 45.0 Å². The number of carboxylic acids is 1. The van der Waals surface area contributed by atoms with Crippen molar-refractivity contribution in [2.24, 2.45) is 0 Å². The monoisotopic (exact) mass is 462 g/mol. The molecule has 0 aliphatic rings. The van der Waals surface area contributed by atoms with Gasteiger partial charge in [-0.15, -0.1) is 0 Å². The van der Waals surface area contributed by atoms with Gasteiger partial charge in [0.25, 0.3) is 10.0 Å². The second-order valence-electron chi connectivity index (χ2n) is 9.10. The standard InChI is InChI=1S/C26H26N2O4S/c1-26(2,3)21-8-4-18(5-9-21)17-28-15-14-20-16-22(10-13-24(20)28)27-33(31,32)23-11-6-19(7-12-23)25(29)30/h4-16,27H,17H2,1-3H3,(H,29,30). The molecule has 0 aliphatic heterocycles. The zero-order valence-electron chi connectivity index (χ0n) is 18.7. The Hall–Kier alpha value is -3.58. The number of fused-ring (bicyclic) bond motifs is 1. The summed E-state index contributed by atoms with van der Waals surface area (Å²) in [5.74, 6) is -1.10. The van der Waals surface area contributed by atoms with Crippen LogP contribution >= 0.6 is 0 Å². The number of rotatable bonds is 6. The Kier molecular flexibility index (Phi) is 5.76. The summed E-state index contributed by atoms with van der Waals surface area (Å²) in [7, 11) is -3.83. The van der Waals surface area contributed by atoms with Crippen LogP contribution in [0.2, 0.25) is 0 Å². The average Bonchev–Trinajstić information content (AvgIpc) is 3.15. The number of carbonyl (C=O) groups is 1. The summed E-state index contributed by atoms with van der Waals surface area (Å²) in [6.07, 6.45) is 1.99. The van der Waals surface area contributed by atoms with Crippen LogP contribution in [0, 0.1) is 0 Å². The molecule has 1 heterocycles. The number of nitrogens with one attached hydrogen (secondary N) is 1. The molecule has 3 aromatic carbocycles. The van der Waals surface area contributed by atoms with Gasteiger partial charge in [0.15, 0.2) is 0 Å². The second-order valence-corrected chi connectivity index (χ2v) is 10.8. The van der Waals surface area contributed by atoms with E-state index >= 15 is 0 Å². The zero-order valence-corrected chi connectivity index (χ0v) is 19.6. The summed E-state index contributed by atoms with van der Waals surface area (Å²) in [5.41, 5.74) is 4.07. The fraction of sp³-hybridized carbons (Fsp3) is 0.192. The SMILES string of the molecule is CC(C)(C)c1ccc(Cn2ccc3cc(NS(=O)(=O)c4ccc(C(=O)O)cc4)ccc32)cc1. The summed E-state index contributed by atoms with van der Waals surface area (Å²) < 4.78 is 30.1. The van der Waals surface area contributed by atoms with Gasteiger partial charge < -0.3 is 9.67 Å². The number of nitrogens with zero attached hydrogens (tertiary/aromatic N) is 1. The molecule has 0 saturated carbocycles. The van der Waals surface area contributed by atoms with E-state index in [4.69, 9.17) is 5.11 Å². The van der Waals surface area contributed by atoms with Gasteiger partial charge in [-0.05, 0) is 65.1 Å². The van der Waals surface area contributed by atoms with Gasteiger partial charge in [0.1, 0.15) is 0 Å². The van der Waals surface area contributed by atoms with Gasteiger partial charge in [-0.3, -0.25) is 4.72 Å². The first-order valence-corrected chi connectivity index (χ1v) is 12.1. The maximum Gasteiger partial charge on any atom is 0.335 e. The molecule has 0 atom stereocenters. The first kappa shape index (κ1) is 22.6. The van der Waals surface area contributed by atoms with Crippen molar-refractivity contribution in [3.8, 4) is 0 Å². The third-order valence-electron chi connectivity index (χ3n) is 5.61. The normalized spacial score (nSPS) is 12.1. The predicted molar refractivity (Wildman–Crippen MR) is 130 cm³/mol. The number of anilines is 1. The predicted octanol–water partition coefficient (Wildman–Crippen LogP) is 5.49. The smallest absolute Gasteiger partial charge is 0.335 e. The van der Waals surface area contributed by atoms with Gasteiger partial charge in [-0.2, -0.15) is 0 Å². The van der Waals surface area contributed by atoms with Crippen LogP contribution in [0.15, 0.2) is 83.9 Å². The van der Waals surface area contributed by atoms with Crippen LogP contribution < -0.4 is 4.72 Å². The maximum absolute atomic E-state index is 12.7. The molecular formula is C26H26N2O4S. The number of sulfonamides is 1. The molecular weight excluding hydrogens is 436 g/mol. The Balaban J connectivity index is 1.53. The highest BCUT2D eigenvalue weighted by molar-refractivity contribution is 7.92. The lowest BCUT2D eigenvalue weighted by Gasteiger charge is -2.19. The number of hydrogen-bond acceptors (Lipinski definition) is 3. The molecule has 0 amide bonds. The van der Waals surface area contributed by atoms with E-state index in [1.54, 1.807) is 12.1 Å². The van der Waals surface area contributed by atoms with E-state index in [1.807, 2.05) is 18.3 Å². The molecule has 0 spiro atoms. The number of carboxylic acid groups (broad SMARTS) is 1. The fourth-order valence-corrected chi connectivity index (χ4v) is 4.75. The molecule has 4 aromatic rings. The van der Waals surface area contributed by atoms with Crippen LogP contribution in [0.5, 0.6) is 0 Å². The van der Waals surface area contributed by atoms with Gasteiger partial charge in [0.2, 0.25) is 0 Å². The Morgan fingerprint density at radius 2 is 1.61 bits per heavy atom. The van der Waals surface area contributed by atoms with Crippen molar-refractivity contribution in [1.29, 1.82) is 0 Å². The lowest BCUT2D eigenvalue weighted by Crippen LogP contribution is -2.13. The Morgan fingerprint density at radius 1 is 0.939 bits per heavy atom. The maximum atomic E-state index is 12.7. The minimum atomic E-state index is -3.83. The van der Waals surface area contributed by atoms with Crippen molar-refractivity contribution >= 4 is 32.6 Å². The minimum absolute atomic E-state index is 0.00358. The molecule has 0 saturated heterocycles. The van der Waals surface area contributed by atoms with Crippen LogP contribution in [0.3, 0.4) is 0 Å². The number of aromatic nitrogens is 1. The molecule has 4 rings (SSSR count). The molecule has 0 unspecified atom stereocenters. The van der Waals surface area contributed by atoms with Crippen LogP contribution in [0.1, 0.15) is 42.3 Å². The Labute approximate surface area is 193 Å². The molecule has 0 radical (unpaired) electrons. The molecule has 33 heavy (non-hydrogen) atoms. The van der Waals surface area contributed by atoms with Gasteiger partial charge in [0.05, 0.1) is 10.5 Å². The van der Waals surface area contributed by atoms with Gasteiger partial charge in [0, 0.05) is 29.3 Å². The van der Waals surface area contributed by atoms with Crippen LogP contribution in [-0.2, 0) is 22.0 Å². The molecule has 6 nitrogen and oxygen atoms in total. The summed E-state index contributed by atoms with van der Waals surface area (Å²) in [6.45, 7) is 7.30. The zero-order chi connectivity index (χ0) is 23.8. The number of benzene rings is 3. The number of aromatic carboxylic acids is 1. The highest BCUT2D eigenvalue weighted by Crippen LogP contribution is 2.25. The third kappa shape index (κ3) is 4.93. The summed E-state index contributed by atoms with van der Waals surface area (Å²) in [5, 5.41) is 9.91. The lowest BCUT2D eigenvalue weighted by molar-refractivity contribution is 0.0696. The van der Waals surface area contributed by atoms with Crippen LogP contribution in [0.4, 0.5) is 5.69 Å². The van der Waals surface area contributed by atoms with Crippen molar-refractivity contribution in [2.75, 3.05) is 4.72 Å². The van der Waals surface area contributed by atoms with Gasteiger partial charge >= 0.3 is 5.97 Å². The fourth-order valence-electron chi connectivity index (χ4n) is 3.70. The quantitative estimate of drug-likeness (QED) is 0.397. The summed E-state index contributed by atoms with van der Waals surface area (Å²) in [6, 6.07) is 21.1. The molecule has 170 valence electrons. The minimum Gasteiger partial charge on any atom is -0.478 e. The number of hydrogen-bond donors (Lipinski definition) is 2. The van der Waals surface area contributed by atoms with Crippen LogP contribution in [0.25, 0.3) is 10.9 Å². The molecule has 0 bridgehead atoms. The van der Waals surface area contributed by atoms with Crippen molar-refractivity contribution in [2.45, 2.75) is 37.6 Å². The van der Waals surface area contributed by atoms with Crippen molar-refractivity contribution in [3.05, 3.63) is 95.7 Å². The highest BCUT2D eigenvalue weighted by Gasteiger charge is 2.16. The molecule has 0 fully saturated rings. The molecule has 2 N–H and O–H groups in total. The van der Waals surface area contributed by atoms with E-state index in [0.29, 0.717) is 5.69 Å². The summed E-state index contributed by atoms with van der Waals surface area (Å²) in [4.78, 5) is 11.0. The van der Waals surface area contributed by atoms with Crippen molar-refractivity contribution < 1.29 is 18.3 Å². The van der Waals surface area contributed by atoms with Crippen molar-refractivity contribution in [3.63, 3.8) is 0 Å². The summed E-state index contributed by atoms with van der Waals surface area (Å²) >= 11 is 0. The highest BCUT2D eigenvalue weighted by atomic mass is 32.2. The molecule has 0 aliphatic carbocycles. The van der Waals surface area contributed by atoms with Crippen LogP contribution in [-0.4, -0.2) is 24.1 Å².